The molecule has 0 amide bonds. The summed E-state index contributed by atoms with van der Waals surface area (Å²) in [5.74, 6) is -2.08. The van der Waals surface area contributed by atoms with Crippen LogP contribution in [0.25, 0.3) is 16.7 Å². The van der Waals surface area contributed by atoms with E-state index in [1.807, 2.05) is 13.8 Å². The van der Waals surface area contributed by atoms with Crippen molar-refractivity contribution in [2.24, 2.45) is 7.05 Å². The highest BCUT2D eigenvalue weighted by molar-refractivity contribution is 7.88. The van der Waals surface area contributed by atoms with Crippen LogP contribution in [0, 0.1) is 19.7 Å². The number of pyridine rings is 1. The van der Waals surface area contributed by atoms with Crippen molar-refractivity contribution in [2.45, 2.75) is 52.1 Å². The van der Waals surface area contributed by atoms with E-state index >= 15 is 0 Å². The van der Waals surface area contributed by atoms with Gasteiger partial charge in [-0.05, 0) is 44.4 Å². The molecule has 4 rings (SSSR count). The molecule has 0 N–H and O–H groups in total. The number of rotatable bonds is 4. The summed E-state index contributed by atoms with van der Waals surface area (Å²) in [6.45, 7) is 6.55. The molecule has 1 aliphatic rings. The molecule has 1 aromatic carbocycles. The fourth-order valence-electron chi connectivity index (χ4n) is 3.69. The molecule has 0 aliphatic heterocycles. The van der Waals surface area contributed by atoms with Gasteiger partial charge in [0.25, 0.3) is 11.1 Å². The Morgan fingerprint density at radius 2 is 1.61 bits per heavy atom. The number of halogens is 4. The first-order valence-electron chi connectivity index (χ1n) is 10.9. The molecule has 0 bridgehead atoms. The SMILES string of the molecule is CC.Cc1ccc(-n2c(=O)n(C3CC3)c(=O)c3c(OS(=O)(=O)C(F)(F)F)c(C)c(=O)n(C)c32)c(F)c1. The first-order valence-corrected chi connectivity index (χ1v) is 12.3. The van der Waals surface area contributed by atoms with E-state index in [0.717, 1.165) is 24.6 Å². The number of benzene rings is 1. The Bertz CT molecular complexity index is 1650. The quantitative estimate of drug-likeness (QED) is 0.290. The summed E-state index contributed by atoms with van der Waals surface area (Å²) in [7, 11) is -5.17. The van der Waals surface area contributed by atoms with Crippen LogP contribution in [0.4, 0.5) is 17.6 Å². The molecule has 0 radical (unpaired) electrons. The van der Waals surface area contributed by atoms with Gasteiger partial charge in [-0.25, -0.2) is 13.8 Å². The zero-order valence-corrected chi connectivity index (χ0v) is 20.8. The second kappa shape index (κ2) is 9.22. The van der Waals surface area contributed by atoms with Gasteiger partial charge in [-0.2, -0.15) is 21.6 Å². The lowest BCUT2D eigenvalue weighted by Crippen LogP contribution is -2.42. The predicted octanol–water partition coefficient (Wildman–Crippen LogP) is 3.20. The molecule has 0 spiro atoms. The van der Waals surface area contributed by atoms with Crippen molar-refractivity contribution in [3.8, 4) is 11.4 Å². The van der Waals surface area contributed by atoms with E-state index in [1.54, 1.807) is 6.92 Å². The Morgan fingerprint density at radius 1 is 1.03 bits per heavy atom. The number of nitrogens with zero attached hydrogens (tertiary/aromatic N) is 3. The molecule has 2 aromatic heterocycles. The number of aryl methyl sites for hydroxylation is 2. The minimum atomic E-state index is -6.29. The third kappa shape index (κ3) is 4.33. The molecule has 36 heavy (non-hydrogen) atoms. The van der Waals surface area contributed by atoms with E-state index in [0.29, 0.717) is 27.5 Å². The molecule has 196 valence electrons. The van der Waals surface area contributed by atoms with Gasteiger partial charge in [0.2, 0.25) is 0 Å². The molecule has 3 aromatic rings. The van der Waals surface area contributed by atoms with E-state index in [4.69, 9.17) is 0 Å². The average molecular weight is 534 g/mol. The van der Waals surface area contributed by atoms with Gasteiger partial charge in [0.15, 0.2) is 5.75 Å². The standard InChI is InChI=1S/C20H17F4N3O6S.C2H6/c1-9-4-7-13(12(21)8-9)27-16-14(18(29)26(19(27)30)11-5-6-11)15(10(2)17(28)25(16)3)33-34(31,32)20(22,23)24;1-2/h4,7-8,11H,5-6H2,1-3H3;1-2H3. The Morgan fingerprint density at radius 3 is 2.11 bits per heavy atom. The highest BCUT2D eigenvalue weighted by Crippen LogP contribution is 2.35. The van der Waals surface area contributed by atoms with E-state index < -0.39 is 72.3 Å². The molecule has 14 heteroatoms. The second-order valence-electron chi connectivity index (χ2n) is 7.98. The molecule has 1 aliphatic carbocycles. The Hall–Kier alpha value is -3.42. The Labute approximate surface area is 202 Å². The van der Waals surface area contributed by atoms with Gasteiger partial charge in [-0.1, -0.05) is 19.9 Å². The highest BCUT2D eigenvalue weighted by Gasteiger charge is 2.49. The van der Waals surface area contributed by atoms with E-state index in [9.17, 15) is 40.4 Å². The van der Waals surface area contributed by atoms with Crippen molar-refractivity contribution in [1.29, 1.82) is 0 Å². The Kier molecular flexibility index (Phi) is 6.96. The average Bonchev–Trinajstić information content (AvgIpc) is 3.62. The topological polar surface area (TPSA) is 109 Å². The smallest absolute Gasteiger partial charge is 0.375 e. The van der Waals surface area contributed by atoms with Gasteiger partial charge in [-0.15, -0.1) is 0 Å². The van der Waals surface area contributed by atoms with Crippen LogP contribution in [0.15, 0.2) is 32.6 Å². The van der Waals surface area contributed by atoms with Gasteiger partial charge >= 0.3 is 21.3 Å². The summed E-state index contributed by atoms with van der Waals surface area (Å²) < 4.78 is 84.1. The van der Waals surface area contributed by atoms with Crippen molar-refractivity contribution in [2.75, 3.05) is 0 Å². The summed E-state index contributed by atoms with van der Waals surface area (Å²) >= 11 is 0. The fraction of sp³-hybridized carbons (Fsp3) is 0.409. The first-order chi connectivity index (χ1) is 16.7. The van der Waals surface area contributed by atoms with Crippen LogP contribution >= 0.6 is 0 Å². The number of hydrogen-bond acceptors (Lipinski definition) is 6. The van der Waals surface area contributed by atoms with Crippen molar-refractivity contribution >= 4 is 21.2 Å². The van der Waals surface area contributed by atoms with E-state index in [2.05, 4.69) is 4.18 Å². The lowest BCUT2D eigenvalue weighted by Gasteiger charge is -2.20. The minimum Gasteiger partial charge on any atom is -0.375 e. The Balaban J connectivity index is 0.00000176. The highest BCUT2D eigenvalue weighted by atomic mass is 32.2. The number of hydrogen-bond donors (Lipinski definition) is 0. The minimum absolute atomic E-state index is 0.388. The molecular formula is C22H23F4N3O6S. The summed E-state index contributed by atoms with van der Waals surface area (Å²) in [5.41, 5.74) is -10.2. The molecule has 0 unspecified atom stereocenters. The lowest BCUT2D eigenvalue weighted by molar-refractivity contribution is -0.0499. The second-order valence-corrected chi connectivity index (χ2v) is 9.52. The summed E-state index contributed by atoms with van der Waals surface area (Å²) in [6, 6.07) is 3.10. The van der Waals surface area contributed by atoms with Crippen molar-refractivity contribution in [1.82, 2.24) is 13.7 Å². The van der Waals surface area contributed by atoms with Crippen molar-refractivity contribution in [3.05, 3.63) is 66.3 Å². The maximum absolute atomic E-state index is 14.9. The molecule has 1 saturated carbocycles. The molecule has 1 fully saturated rings. The van der Waals surface area contributed by atoms with E-state index in [-0.39, 0.29) is 0 Å². The van der Waals surface area contributed by atoms with Crippen molar-refractivity contribution < 1.29 is 30.2 Å². The molecule has 9 nitrogen and oxygen atoms in total. The van der Waals surface area contributed by atoms with Crippen LogP contribution in [-0.4, -0.2) is 27.6 Å². The maximum Gasteiger partial charge on any atom is 0.534 e. The molecular weight excluding hydrogens is 510 g/mol. The normalized spacial score (nSPS) is 13.9. The van der Waals surface area contributed by atoms with Crippen LogP contribution in [0.2, 0.25) is 0 Å². The fourth-order valence-corrected chi connectivity index (χ4v) is 4.21. The largest absolute Gasteiger partial charge is 0.534 e. The van der Waals surface area contributed by atoms with Gasteiger partial charge in [-0.3, -0.25) is 18.7 Å². The summed E-state index contributed by atoms with van der Waals surface area (Å²) in [6.07, 6.45) is 0.775. The van der Waals surface area contributed by atoms with Crippen LogP contribution in [0.1, 0.15) is 43.9 Å². The third-order valence-corrected chi connectivity index (χ3v) is 6.46. The van der Waals surface area contributed by atoms with Crippen molar-refractivity contribution in [3.63, 3.8) is 0 Å². The van der Waals surface area contributed by atoms with Gasteiger partial charge in [0.1, 0.15) is 16.9 Å². The van der Waals surface area contributed by atoms with Gasteiger partial charge < -0.3 is 4.18 Å². The summed E-state index contributed by atoms with van der Waals surface area (Å²) in [5, 5.41) is -0.779. The monoisotopic (exact) mass is 533 g/mol. The molecule has 0 atom stereocenters. The van der Waals surface area contributed by atoms with Gasteiger partial charge in [0.05, 0.1) is 11.3 Å². The molecule has 0 saturated heterocycles. The van der Waals surface area contributed by atoms with Gasteiger partial charge in [0, 0.05) is 13.1 Å². The predicted molar refractivity (Wildman–Crippen MR) is 124 cm³/mol. The number of aromatic nitrogens is 3. The first kappa shape index (κ1) is 27.2. The lowest BCUT2D eigenvalue weighted by atomic mass is 10.2. The van der Waals surface area contributed by atoms with Crippen LogP contribution in [-0.2, 0) is 17.2 Å². The number of alkyl halides is 3. The zero-order valence-electron chi connectivity index (χ0n) is 19.9. The third-order valence-electron chi connectivity index (χ3n) is 5.51. The summed E-state index contributed by atoms with van der Waals surface area (Å²) in [4.78, 5) is 39.4. The van der Waals surface area contributed by atoms with Crippen LogP contribution < -0.4 is 21.0 Å². The van der Waals surface area contributed by atoms with Crippen LogP contribution in [0.5, 0.6) is 5.75 Å². The van der Waals surface area contributed by atoms with Crippen LogP contribution in [0.3, 0.4) is 0 Å². The molecule has 2 heterocycles. The number of fused-ring (bicyclic) bond motifs is 1. The zero-order chi connectivity index (χ0) is 27.3. The van der Waals surface area contributed by atoms with E-state index in [1.165, 1.54) is 12.1 Å². The maximum atomic E-state index is 14.9.